The molecule has 184 valence electrons. The molecule has 5 rings (SSSR count). The first-order valence-electron chi connectivity index (χ1n) is 11.8. The molecule has 2 aromatic carbocycles. The highest BCUT2D eigenvalue weighted by Crippen LogP contribution is 2.35. The normalized spacial score (nSPS) is 23.5. The van der Waals surface area contributed by atoms with Gasteiger partial charge in [-0.05, 0) is 54.9 Å². The Morgan fingerprint density at radius 2 is 2.17 bits per heavy atom. The Morgan fingerprint density at radius 1 is 1.31 bits per heavy atom. The van der Waals surface area contributed by atoms with Gasteiger partial charge in [-0.1, -0.05) is 12.1 Å². The van der Waals surface area contributed by atoms with Crippen LogP contribution in [0.3, 0.4) is 0 Å². The Bertz CT molecular complexity index is 1210. The van der Waals surface area contributed by atoms with Crippen molar-refractivity contribution in [1.82, 2.24) is 15.2 Å². The standard InChI is InChI=1S/C26H29FN4O3S/c1-34-16-6-7-20-18(12-16)17(8-10-28-20)23(32)15-31-11-9-21(19(27)14-31)29-13-25-26(33)30-22-4-2-3-5-24(22)35-25/h2-8,10,12,19,21,23,25,29,32H,9,11,13-15H2,1H3,(H,30,33)/t19-,21+,23+,25?/m1/s1. The van der Waals surface area contributed by atoms with Crippen molar-refractivity contribution < 1.29 is 19.0 Å². The lowest BCUT2D eigenvalue weighted by Gasteiger charge is -2.37. The van der Waals surface area contributed by atoms with Crippen LogP contribution in [0, 0.1) is 0 Å². The summed E-state index contributed by atoms with van der Waals surface area (Å²) in [5.74, 6) is 0.640. The van der Waals surface area contributed by atoms with E-state index < -0.39 is 12.3 Å². The number of aromatic nitrogens is 1. The summed E-state index contributed by atoms with van der Waals surface area (Å²) < 4.78 is 20.4. The number of methoxy groups -OCH3 is 1. The maximum Gasteiger partial charge on any atom is 0.239 e. The molecule has 1 saturated heterocycles. The number of pyridine rings is 1. The molecule has 4 atom stereocenters. The Labute approximate surface area is 208 Å². The molecule has 0 spiro atoms. The molecular weight excluding hydrogens is 467 g/mol. The number of anilines is 1. The number of nitrogens with one attached hydrogen (secondary N) is 2. The lowest BCUT2D eigenvalue weighted by molar-refractivity contribution is -0.115. The first kappa shape index (κ1) is 24.0. The molecule has 1 amide bonds. The molecular formula is C26H29FN4O3S. The highest BCUT2D eigenvalue weighted by Gasteiger charge is 2.33. The molecule has 0 bridgehead atoms. The van der Waals surface area contributed by atoms with Crippen LogP contribution in [0.4, 0.5) is 10.1 Å². The summed E-state index contributed by atoms with van der Waals surface area (Å²) in [5.41, 5.74) is 2.36. The van der Waals surface area contributed by atoms with E-state index in [1.807, 2.05) is 47.4 Å². The number of alkyl halides is 1. The second kappa shape index (κ2) is 10.5. The van der Waals surface area contributed by atoms with Gasteiger partial charge in [-0.3, -0.25) is 14.7 Å². The number of fused-ring (bicyclic) bond motifs is 2. The number of thioether (sulfide) groups is 1. The molecule has 7 nitrogen and oxygen atoms in total. The molecule has 3 N–H and O–H groups in total. The van der Waals surface area contributed by atoms with Gasteiger partial charge in [-0.2, -0.15) is 0 Å². The quantitative estimate of drug-likeness (QED) is 0.462. The molecule has 3 aromatic rings. The number of carbonyl (C=O) groups excluding carboxylic acids is 1. The fourth-order valence-corrected chi connectivity index (χ4v) is 5.81. The zero-order valence-corrected chi connectivity index (χ0v) is 20.3. The number of likely N-dealkylation sites (tertiary alicyclic amines) is 1. The van der Waals surface area contributed by atoms with Gasteiger partial charge in [0.2, 0.25) is 5.91 Å². The van der Waals surface area contributed by atoms with Gasteiger partial charge in [-0.25, -0.2) is 4.39 Å². The summed E-state index contributed by atoms with van der Waals surface area (Å²) in [6.07, 6.45) is 0.425. The molecule has 2 aliphatic rings. The minimum atomic E-state index is -1.09. The molecule has 0 radical (unpaired) electrons. The van der Waals surface area contributed by atoms with E-state index in [9.17, 15) is 9.90 Å². The van der Waals surface area contributed by atoms with Crippen LogP contribution in [0.1, 0.15) is 18.1 Å². The molecule has 0 aliphatic carbocycles. The summed E-state index contributed by atoms with van der Waals surface area (Å²) in [5, 5.41) is 17.7. The highest BCUT2D eigenvalue weighted by atomic mass is 32.2. The van der Waals surface area contributed by atoms with Crippen LogP contribution in [0.15, 0.2) is 59.6 Å². The first-order valence-corrected chi connectivity index (χ1v) is 12.7. The number of amides is 1. The van der Waals surface area contributed by atoms with Gasteiger partial charge < -0.3 is 20.5 Å². The number of benzene rings is 2. The Hall–Kier alpha value is -2.72. The van der Waals surface area contributed by atoms with Gasteiger partial charge in [0.1, 0.15) is 17.2 Å². The maximum atomic E-state index is 15.1. The molecule has 3 heterocycles. The van der Waals surface area contributed by atoms with Crippen molar-refractivity contribution in [2.45, 2.75) is 34.9 Å². The second-order valence-electron chi connectivity index (χ2n) is 8.97. The van der Waals surface area contributed by atoms with Crippen molar-refractivity contribution in [2.75, 3.05) is 38.6 Å². The van der Waals surface area contributed by atoms with Crippen LogP contribution in [0.25, 0.3) is 10.9 Å². The second-order valence-corrected chi connectivity index (χ2v) is 10.2. The van der Waals surface area contributed by atoms with Gasteiger partial charge in [0.25, 0.3) is 0 Å². The summed E-state index contributed by atoms with van der Waals surface area (Å²) in [6.45, 7) is 1.63. The number of nitrogens with zero attached hydrogens (tertiary/aromatic N) is 2. The molecule has 9 heteroatoms. The van der Waals surface area contributed by atoms with E-state index in [2.05, 4.69) is 15.6 Å². The third-order valence-corrected chi connectivity index (χ3v) is 7.95. The lowest BCUT2D eigenvalue weighted by atomic mass is 10.00. The highest BCUT2D eigenvalue weighted by molar-refractivity contribution is 8.01. The topological polar surface area (TPSA) is 86.7 Å². The van der Waals surface area contributed by atoms with Gasteiger partial charge in [0.15, 0.2) is 0 Å². The van der Waals surface area contributed by atoms with Crippen LogP contribution in [-0.4, -0.2) is 71.6 Å². The molecule has 2 aliphatic heterocycles. The van der Waals surface area contributed by atoms with Crippen molar-refractivity contribution in [2.24, 2.45) is 0 Å². The third-order valence-electron chi connectivity index (χ3n) is 6.67. The number of para-hydroxylation sites is 1. The number of halogens is 1. The molecule has 1 unspecified atom stereocenters. The first-order chi connectivity index (χ1) is 17.0. The van der Waals surface area contributed by atoms with Crippen molar-refractivity contribution in [1.29, 1.82) is 0 Å². The van der Waals surface area contributed by atoms with E-state index in [1.54, 1.807) is 19.4 Å². The Morgan fingerprint density at radius 3 is 3.00 bits per heavy atom. The fraction of sp³-hybridized carbons (Fsp3) is 0.385. The minimum absolute atomic E-state index is 0.0571. The van der Waals surface area contributed by atoms with Crippen LogP contribution in [0.2, 0.25) is 0 Å². The van der Waals surface area contributed by atoms with Crippen LogP contribution in [-0.2, 0) is 4.79 Å². The summed E-state index contributed by atoms with van der Waals surface area (Å²) >= 11 is 1.51. The predicted octanol–water partition coefficient (Wildman–Crippen LogP) is 3.39. The third kappa shape index (κ3) is 5.28. The Balaban J connectivity index is 1.16. The minimum Gasteiger partial charge on any atom is -0.497 e. The average molecular weight is 497 g/mol. The number of carbonyl (C=O) groups is 1. The number of hydrogen-bond donors (Lipinski definition) is 3. The smallest absolute Gasteiger partial charge is 0.239 e. The number of aliphatic hydroxyl groups excluding tert-OH is 1. The van der Waals surface area contributed by atoms with Crippen LogP contribution >= 0.6 is 11.8 Å². The van der Waals surface area contributed by atoms with Gasteiger partial charge in [0.05, 0.1) is 24.4 Å². The van der Waals surface area contributed by atoms with E-state index in [0.717, 1.165) is 27.0 Å². The Kier molecular flexibility index (Phi) is 7.19. The number of β-amino-alcohol motifs (C(OH)–C–C–N with tert-alkyl or cyclic N) is 1. The zero-order chi connectivity index (χ0) is 24.4. The van der Waals surface area contributed by atoms with Gasteiger partial charge in [0, 0.05) is 42.2 Å². The summed E-state index contributed by atoms with van der Waals surface area (Å²) in [4.78, 5) is 19.8. The van der Waals surface area contributed by atoms with Crippen LogP contribution in [0.5, 0.6) is 5.75 Å². The van der Waals surface area contributed by atoms with E-state index >= 15 is 4.39 Å². The van der Waals surface area contributed by atoms with Crippen LogP contribution < -0.4 is 15.4 Å². The number of hydrogen-bond acceptors (Lipinski definition) is 7. The molecule has 0 saturated carbocycles. The number of piperidine rings is 1. The van der Waals surface area contributed by atoms with Crippen molar-refractivity contribution in [3.63, 3.8) is 0 Å². The fourth-order valence-electron chi connectivity index (χ4n) is 4.76. The van der Waals surface area contributed by atoms with Crippen molar-refractivity contribution in [3.05, 3.63) is 60.3 Å². The van der Waals surface area contributed by atoms with Crippen molar-refractivity contribution >= 4 is 34.3 Å². The average Bonchev–Trinajstić information content (AvgIpc) is 2.87. The van der Waals surface area contributed by atoms with E-state index in [0.29, 0.717) is 31.8 Å². The van der Waals surface area contributed by atoms with E-state index in [4.69, 9.17) is 4.74 Å². The number of rotatable bonds is 7. The molecule has 1 fully saturated rings. The summed E-state index contributed by atoms with van der Waals surface area (Å²) in [7, 11) is 1.60. The molecule has 35 heavy (non-hydrogen) atoms. The monoisotopic (exact) mass is 496 g/mol. The van der Waals surface area contributed by atoms with Crippen molar-refractivity contribution in [3.8, 4) is 5.75 Å². The largest absolute Gasteiger partial charge is 0.497 e. The SMILES string of the molecule is COc1ccc2nccc([C@@H](O)CN3CC[C@H](NCC4Sc5ccccc5NC4=O)[C@H](F)C3)c2c1. The van der Waals surface area contributed by atoms with E-state index in [-0.39, 0.29) is 23.7 Å². The number of aliphatic hydroxyl groups is 1. The van der Waals surface area contributed by atoms with Gasteiger partial charge in [-0.15, -0.1) is 11.8 Å². The predicted molar refractivity (Wildman–Crippen MR) is 136 cm³/mol. The van der Waals surface area contributed by atoms with E-state index in [1.165, 1.54) is 11.8 Å². The lowest BCUT2D eigenvalue weighted by Crippen LogP contribution is -2.53. The molecule has 1 aromatic heterocycles. The zero-order valence-electron chi connectivity index (χ0n) is 19.5. The summed E-state index contributed by atoms with van der Waals surface area (Å²) in [6, 6.07) is 14.8. The number of ether oxygens (including phenoxy) is 1. The maximum absolute atomic E-state index is 15.1. The van der Waals surface area contributed by atoms with Gasteiger partial charge >= 0.3 is 0 Å².